The molecule has 0 aromatic heterocycles. The van der Waals surface area contributed by atoms with Crippen molar-refractivity contribution in [1.82, 2.24) is 4.90 Å². The molecule has 1 atom stereocenters. The molecule has 0 saturated carbocycles. The highest BCUT2D eigenvalue weighted by atomic mass is 15.2. The summed E-state index contributed by atoms with van der Waals surface area (Å²) >= 11 is 0. The Morgan fingerprint density at radius 3 is 2.25 bits per heavy atom. The van der Waals surface area contributed by atoms with E-state index < -0.39 is 0 Å². The predicted molar refractivity (Wildman–Crippen MR) is 82.7 cm³/mol. The number of benzene rings is 2. The van der Waals surface area contributed by atoms with Gasteiger partial charge in [-0.15, -0.1) is 0 Å². The first-order chi connectivity index (χ1) is 9.90. The Kier molecular flexibility index (Phi) is 2.96. The van der Waals surface area contributed by atoms with Crippen LogP contribution in [0, 0.1) is 0 Å². The maximum atomic E-state index is 3.64. The second kappa shape index (κ2) is 4.95. The zero-order valence-electron chi connectivity index (χ0n) is 11.7. The summed E-state index contributed by atoms with van der Waals surface area (Å²) in [6, 6.07) is 18.2. The monoisotopic (exact) mass is 264 g/mol. The fourth-order valence-corrected chi connectivity index (χ4v) is 3.49. The SMILES string of the molecule is c1ccc2c(c1)CN(C1CCc3ccccc3NC1)C2. The molecule has 0 amide bonds. The summed E-state index contributed by atoms with van der Waals surface area (Å²) in [6.07, 6.45) is 2.43. The fourth-order valence-electron chi connectivity index (χ4n) is 3.49. The molecule has 0 saturated heterocycles. The van der Waals surface area contributed by atoms with E-state index in [4.69, 9.17) is 0 Å². The summed E-state index contributed by atoms with van der Waals surface area (Å²) in [6.45, 7) is 3.28. The van der Waals surface area contributed by atoms with Crippen molar-refractivity contribution >= 4 is 5.69 Å². The van der Waals surface area contributed by atoms with E-state index >= 15 is 0 Å². The summed E-state index contributed by atoms with van der Waals surface area (Å²) in [4.78, 5) is 2.63. The van der Waals surface area contributed by atoms with E-state index in [1.807, 2.05) is 0 Å². The molecule has 102 valence electrons. The van der Waals surface area contributed by atoms with Gasteiger partial charge in [-0.25, -0.2) is 0 Å². The number of anilines is 1. The number of hydrogen-bond acceptors (Lipinski definition) is 2. The number of fused-ring (bicyclic) bond motifs is 2. The highest BCUT2D eigenvalue weighted by Gasteiger charge is 2.26. The minimum absolute atomic E-state index is 0.634. The number of para-hydroxylation sites is 1. The highest BCUT2D eigenvalue weighted by Crippen LogP contribution is 2.28. The van der Waals surface area contributed by atoms with Gasteiger partial charge >= 0.3 is 0 Å². The van der Waals surface area contributed by atoms with Crippen LogP contribution in [0.2, 0.25) is 0 Å². The van der Waals surface area contributed by atoms with E-state index in [0.29, 0.717) is 6.04 Å². The zero-order valence-corrected chi connectivity index (χ0v) is 11.7. The Bertz CT molecular complexity index is 568. The Morgan fingerprint density at radius 2 is 1.50 bits per heavy atom. The molecule has 0 spiro atoms. The number of nitrogens with zero attached hydrogens (tertiary/aromatic N) is 1. The lowest BCUT2D eigenvalue weighted by atomic mass is 10.1. The second-order valence-corrected chi connectivity index (χ2v) is 5.90. The molecule has 20 heavy (non-hydrogen) atoms. The van der Waals surface area contributed by atoms with Gasteiger partial charge in [0, 0.05) is 31.4 Å². The van der Waals surface area contributed by atoms with Crippen LogP contribution in [0.4, 0.5) is 5.69 Å². The van der Waals surface area contributed by atoms with Crippen LogP contribution in [-0.2, 0) is 19.5 Å². The van der Waals surface area contributed by atoms with Crippen molar-refractivity contribution in [3.63, 3.8) is 0 Å². The van der Waals surface area contributed by atoms with Gasteiger partial charge in [-0.05, 0) is 35.6 Å². The molecule has 0 fully saturated rings. The molecule has 0 bridgehead atoms. The Labute approximate surface area is 120 Å². The topological polar surface area (TPSA) is 15.3 Å². The van der Waals surface area contributed by atoms with Crippen molar-refractivity contribution in [2.75, 3.05) is 11.9 Å². The molecule has 1 N–H and O–H groups in total. The third-order valence-corrected chi connectivity index (χ3v) is 4.67. The lowest BCUT2D eigenvalue weighted by Gasteiger charge is -2.26. The van der Waals surface area contributed by atoms with Crippen LogP contribution in [0.1, 0.15) is 23.1 Å². The van der Waals surface area contributed by atoms with Crippen molar-refractivity contribution in [3.05, 3.63) is 65.2 Å². The summed E-state index contributed by atoms with van der Waals surface area (Å²) < 4.78 is 0. The lowest BCUT2D eigenvalue weighted by molar-refractivity contribution is 0.199. The third-order valence-electron chi connectivity index (χ3n) is 4.67. The lowest BCUT2D eigenvalue weighted by Crippen LogP contribution is -2.35. The van der Waals surface area contributed by atoms with Gasteiger partial charge in [-0.1, -0.05) is 42.5 Å². The molecule has 2 heteroatoms. The van der Waals surface area contributed by atoms with Crippen molar-refractivity contribution in [3.8, 4) is 0 Å². The van der Waals surface area contributed by atoms with Crippen LogP contribution in [0.15, 0.2) is 48.5 Å². The van der Waals surface area contributed by atoms with Crippen LogP contribution in [-0.4, -0.2) is 17.5 Å². The highest BCUT2D eigenvalue weighted by molar-refractivity contribution is 5.52. The molecule has 2 aliphatic heterocycles. The minimum atomic E-state index is 0.634. The van der Waals surface area contributed by atoms with Gasteiger partial charge in [0.05, 0.1) is 0 Å². The van der Waals surface area contributed by atoms with E-state index in [-0.39, 0.29) is 0 Å². The molecule has 0 aliphatic carbocycles. The van der Waals surface area contributed by atoms with Gasteiger partial charge in [0.2, 0.25) is 0 Å². The molecule has 0 radical (unpaired) electrons. The number of rotatable bonds is 1. The maximum Gasteiger partial charge on any atom is 0.0373 e. The molecule has 2 heterocycles. The Balaban J connectivity index is 1.50. The summed E-state index contributed by atoms with van der Waals surface area (Å²) in [5.74, 6) is 0. The molecule has 2 aromatic carbocycles. The smallest absolute Gasteiger partial charge is 0.0373 e. The largest absolute Gasteiger partial charge is 0.383 e. The first-order valence-electron chi connectivity index (χ1n) is 7.53. The van der Waals surface area contributed by atoms with Gasteiger partial charge in [0.1, 0.15) is 0 Å². The molecule has 2 aliphatic rings. The Morgan fingerprint density at radius 1 is 0.850 bits per heavy atom. The minimum Gasteiger partial charge on any atom is -0.383 e. The first kappa shape index (κ1) is 12.0. The van der Waals surface area contributed by atoms with E-state index in [9.17, 15) is 0 Å². The number of hydrogen-bond donors (Lipinski definition) is 1. The van der Waals surface area contributed by atoms with Gasteiger partial charge in [0.15, 0.2) is 0 Å². The average Bonchev–Trinajstić information content (AvgIpc) is 2.80. The van der Waals surface area contributed by atoms with Gasteiger partial charge < -0.3 is 5.32 Å². The van der Waals surface area contributed by atoms with Gasteiger partial charge in [-0.2, -0.15) is 0 Å². The quantitative estimate of drug-likeness (QED) is 0.849. The molecule has 1 unspecified atom stereocenters. The van der Waals surface area contributed by atoms with E-state index in [1.165, 1.54) is 35.2 Å². The van der Waals surface area contributed by atoms with E-state index in [1.54, 1.807) is 0 Å². The first-order valence-corrected chi connectivity index (χ1v) is 7.53. The zero-order chi connectivity index (χ0) is 13.4. The van der Waals surface area contributed by atoms with Gasteiger partial charge in [-0.3, -0.25) is 4.90 Å². The number of nitrogens with one attached hydrogen (secondary N) is 1. The molecular weight excluding hydrogens is 244 g/mol. The van der Waals surface area contributed by atoms with E-state index in [0.717, 1.165) is 19.6 Å². The average molecular weight is 264 g/mol. The normalized spacial score (nSPS) is 21.7. The molecular formula is C18H20N2. The second-order valence-electron chi connectivity index (χ2n) is 5.90. The van der Waals surface area contributed by atoms with Crippen LogP contribution in [0.25, 0.3) is 0 Å². The fraction of sp³-hybridized carbons (Fsp3) is 0.333. The van der Waals surface area contributed by atoms with Crippen LogP contribution < -0.4 is 5.32 Å². The predicted octanol–water partition coefficient (Wildman–Crippen LogP) is 3.43. The van der Waals surface area contributed by atoms with E-state index in [2.05, 4.69) is 58.7 Å². The molecule has 2 nitrogen and oxygen atoms in total. The standard InChI is InChI=1S/C18H20N2/c1-2-7-16-13-20(12-15(16)6-1)17-10-9-14-5-3-4-8-18(14)19-11-17/h1-8,17,19H,9-13H2. The summed E-state index contributed by atoms with van der Waals surface area (Å²) in [5.41, 5.74) is 5.81. The van der Waals surface area contributed by atoms with Crippen molar-refractivity contribution in [2.24, 2.45) is 0 Å². The molecule has 4 rings (SSSR count). The van der Waals surface area contributed by atoms with Crippen LogP contribution in [0.5, 0.6) is 0 Å². The molecule has 2 aromatic rings. The maximum absolute atomic E-state index is 3.64. The third kappa shape index (κ3) is 2.10. The Hall–Kier alpha value is -1.80. The van der Waals surface area contributed by atoms with Crippen molar-refractivity contribution in [1.29, 1.82) is 0 Å². The van der Waals surface area contributed by atoms with Crippen LogP contribution in [0.3, 0.4) is 0 Å². The van der Waals surface area contributed by atoms with Crippen molar-refractivity contribution in [2.45, 2.75) is 32.0 Å². The summed E-state index contributed by atoms with van der Waals surface area (Å²) in [7, 11) is 0. The van der Waals surface area contributed by atoms with Crippen LogP contribution >= 0.6 is 0 Å². The summed E-state index contributed by atoms with van der Waals surface area (Å²) in [5, 5.41) is 3.64. The number of aryl methyl sites for hydroxylation is 1. The van der Waals surface area contributed by atoms with Crippen molar-refractivity contribution < 1.29 is 0 Å². The van der Waals surface area contributed by atoms with Gasteiger partial charge in [0.25, 0.3) is 0 Å².